The predicted molar refractivity (Wildman–Crippen MR) is 53.9 cm³/mol. The number of hydrogen-bond donors (Lipinski definition) is 3. The van der Waals surface area contributed by atoms with Gasteiger partial charge < -0.3 is 20.5 Å². The first-order valence-electron chi connectivity index (χ1n) is 5.01. The van der Waals surface area contributed by atoms with Gasteiger partial charge in [0, 0.05) is 19.7 Å². The molecule has 0 heterocycles. The normalized spacial score (nSPS) is 10.6. The largest absolute Gasteiger partial charge is 0.395 e. The van der Waals surface area contributed by atoms with Crippen LogP contribution in [0.2, 0.25) is 0 Å². The Morgan fingerprint density at radius 3 is 2.62 bits per heavy atom. The molecule has 0 amide bonds. The molecule has 0 aliphatic rings. The van der Waals surface area contributed by atoms with E-state index in [1.807, 2.05) is 0 Å². The van der Waals surface area contributed by atoms with Crippen LogP contribution in [0.15, 0.2) is 0 Å². The second-order valence-electron chi connectivity index (χ2n) is 2.79. The van der Waals surface area contributed by atoms with Crippen molar-refractivity contribution >= 4 is 0 Å². The van der Waals surface area contributed by atoms with Gasteiger partial charge in [-0.25, -0.2) is 0 Å². The van der Waals surface area contributed by atoms with E-state index >= 15 is 0 Å². The van der Waals surface area contributed by atoms with Crippen molar-refractivity contribution < 1.29 is 9.84 Å². The lowest BCUT2D eigenvalue weighted by Crippen LogP contribution is -2.22. The summed E-state index contributed by atoms with van der Waals surface area (Å²) in [4.78, 5) is 0. The lowest BCUT2D eigenvalue weighted by Gasteiger charge is -2.05. The Labute approximate surface area is 80.7 Å². The van der Waals surface area contributed by atoms with Crippen LogP contribution in [-0.2, 0) is 4.74 Å². The number of aliphatic hydroxyl groups is 1. The van der Waals surface area contributed by atoms with Crippen LogP contribution in [0.25, 0.3) is 0 Å². The number of hydrogen-bond acceptors (Lipinski definition) is 4. The van der Waals surface area contributed by atoms with Gasteiger partial charge in [0.15, 0.2) is 0 Å². The first-order valence-corrected chi connectivity index (χ1v) is 5.01. The molecule has 0 radical (unpaired) electrons. The average Bonchev–Trinajstić information content (AvgIpc) is 2.16. The number of rotatable bonds is 10. The average molecular weight is 190 g/mol. The van der Waals surface area contributed by atoms with Crippen LogP contribution in [0.1, 0.15) is 13.3 Å². The third-order valence-corrected chi connectivity index (χ3v) is 1.60. The number of aliphatic hydroxyl groups excluding tert-OH is 1. The topological polar surface area (TPSA) is 53.5 Å². The molecule has 0 saturated heterocycles. The van der Waals surface area contributed by atoms with Crippen molar-refractivity contribution in [2.75, 3.05) is 46.0 Å². The standard InChI is InChI=1S/C9H22N2O2/c1-2-10-6-9-13-8-3-4-11-5-7-12/h10-12H,2-9H2,1H3. The Balaban J connectivity index is 2.76. The minimum Gasteiger partial charge on any atom is -0.395 e. The minimum absolute atomic E-state index is 0.210. The molecule has 0 saturated carbocycles. The van der Waals surface area contributed by atoms with E-state index in [-0.39, 0.29) is 6.61 Å². The van der Waals surface area contributed by atoms with Crippen LogP contribution in [-0.4, -0.2) is 51.1 Å². The summed E-state index contributed by atoms with van der Waals surface area (Å²) in [6.07, 6.45) is 1.01. The molecule has 0 fully saturated rings. The molecule has 0 aliphatic heterocycles. The number of likely N-dealkylation sites (N-methyl/N-ethyl adjacent to an activating group) is 1. The van der Waals surface area contributed by atoms with Gasteiger partial charge in [-0.3, -0.25) is 0 Å². The van der Waals surface area contributed by atoms with Gasteiger partial charge in [0.2, 0.25) is 0 Å². The van der Waals surface area contributed by atoms with E-state index in [1.165, 1.54) is 0 Å². The van der Waals surface area contributed by atoms with Gasteiger partial charge in [0.05, 0.1) is 13.2 Å². The zero-order valence-electron chi connectivity index (χ0n) is 8.51. The van der Waals surface area contributed by atoms with E-state index in [4.69, 9.17) is 9.84 Å². The van der Waals surface area contributed by atoms with Gasteiger partial charge in [0.25, 0.3) is 0 Å². The third-order valence-electron chi connectivity index (χ3n) is 1.60. The van der Waals surface area contributed by atoms with Crippen molar-refractivity contribution in [1.82, 2.24) is 10.6 Å². The van der Waals surface area contributed by atoms with Crippen LogP contribution in [0.5, 0.6) is 0 Å². The van der Waals surface area contributed by atoms with E-state index in [9.17, 15) is 0 Å². The third kappa shape index (κ3) is 11.8. The summed E-state index contributed by atoms with van der Waals surface area (Å²) in [7, 11) is 0. The monoisotopic (exact) mass is 190 g/mol. The maximum Gasteiger partial charge on any atom is 0.0590 e. The highest BCUT2D eigenvalue weighted by Gasteiger charge is 1.88. The molecule has 80 valence electrons. The molecule has 13 heavy (non-hydrogen) atoms. The predicted octanol–water partition coefficient (Wildman–Crippen LogP) is -0.415. The van der Waals surface area contributed by atoms with Crippen molar-refractivity contribution in [3.63, 3.8) is 0 Å². The van der Waals surface area contributed by atoms with Gasteiger partial charge in [-0.2, -0.15) is 0 Å². The van der Waals surface area contributed by atoms with Crippen molar-refractivity contribution in [1.29, 1.82) is 0 Å². The van der Waals surface area contributed by atoms with E-state index < -0.39 is 0 Å². The summed E-state index contributed by atoms with van der Waals surface area (Å²) in [5.74, 6) is 0. The Morgan fingerprint density at radius 2 is 1.92 bits per heavy atom. The van der Waals surface area contributed by atoms with Crippen LogP contribution < -0.4 is 10.6 Å². The van der Waals surface area contributed by atoms with Crippen LogP contribution >= 0.6 is 0 Å². The van der Waals surface area contributed by atoms with E-state index in [0.29, 0.717) is 6.54 Å². The zero-order valence-corrected chi connectivity index (χ0v) is 8.51. The Kier molecular flexibility index (Phi) is 11.7. The molecule has 4 heteroatoms. The quantitative estimate of drug-likeness (QED) is 0.410. The van der Waals surface area contributed by atoms with Crippen molar-refractivity contribution in [3.05, 3.63) is 0 Å². The van der Waals surface area contributed by atoms with Crippen molar-refractivity contribution in [3.8, 4) is 0 Å². The summed E-state index contributed by atoms with van der Waals surface area (Å²) < 4.78 is 5.35. The molecular formula is C9H22N2O2. The smallest absolute Gasteiger partial charge is 0.0590 e. The molecular weight excluding hydrogens is 168 g/mol. The second-order valence-corrected chi connectivity index (χ2v) is 2.79. The highest BCUT2D eigenvalue weighted by atomic mass is 16.5. The van der Waals surface area contributed by atoms with Crippen molar-refractivity contribution in [2.45, 2.75) is 13.3 Å². The first kappa shape index (κ1) is 12.8. The molecule has 0 rings (SSSR count). The lowest BCUT2D eigenvalue weighted by molar-refractivity contribution is 0.133. The van der Waals surface area contributed by atoms with E-state index in [0.717, 1.165) is 39.3 Å². The highest BCUT2D eigenvalue weighted by Crippen LogP contribution is 1.79. The van der Waals surface area contributed by atoms with Gasteiger partial charge >= 0.3 is 0 Å². The molecule has 0 atom stereocenters. The number of ether oxygens (including phenoxy) is 1. The fraction of sp³-hybridized carbons (Fsp3) is 1.00. The summed E-state index contributed by atoms with van der Waals surface area (Å²) >= 11 is 0. The fourth-order valence-corrected chi connectivity index (χ4v) is 0.926. The van der Waals surface area contributed by atoms with Gasteiger partial charge in [-0.15, -0.1) is 0 Å². The summed E-state index contributed by atoms with van der Waals surface area (Å²) in [5, 5.41) is 14.7. The molecule has 0 aliphatic carbocycles. The SMILES string of the molecule is CCNCCOCCCNCCO. The minimum atomic E-state index is 0.210. The van der Waals surface area contributed by atoms with Crippen LogP contribution in [0.3, 0.4) is 0 Å². The van der Waals surface area contributed by atoms with E-state index in [1.54, 1.807) is 0 Å². The molecule has 0 aromatic carbocycles. The molecule has 4 nitrogen and oxygen atoms in total. The zero-order chi connectivity index (χ0) is 9.78. The Hall–Kier alpha value is -0.160. The van der Waals surface area contributed by atoms with Gasteiger partial charge in [-0.05, 0) is 19.5 Å². The maximum atomic E-state index is 8.46. The Bertz CT molecular complexity index is 81.7. The van der Waals surface area contributed by atoms with E-state index in [2.05, 4.69) is 17.6 Å². The van der Waals surface area contributed by atoms with Crippen LogP contribution in [0, 0.1) is 0 Å². The van der Waals surface area contributed by atoms with Gasteiger partial charge in [0.1, 0.15) is 0 Å². The summed E-state index contributed by atoms with van der Waals surface area (Å²) in [6, 6.07) is 0. The maximum absolute atomic E-state index is 8.46. The van der Waals surface area contributed by atoms with Crippen LogP contribution in [0.4, 0.5) is 0 Å². The van der Waals surface area contributed by atoms with Gasteiger partial charge in [-0.1, -0.05) is 6.92 Å². The fourth-order valence-electron chi connectivity index (χ4n) is 0.926. The molecule has 0 aromatic rings. The lowest BCUT2D eigenvalue weighted by atomic mass is 10.4. The first-order chi connectivity index (χ1) is 6.41. The summed E-state index contributed by atoms with van der Waals surface area (Å²) in [5.41, 5.74) is 0. The van der Waals surface area contributed by atoms with Crippen molar-refractivity contribution in [2.24, 2.45) is 0 Å². The molecule has 3 N–H and O–H groups in total. The highest BCUT2D eigenvalue weighted by molar-refractivity contribution is 4.46. The second kappa shape index (κ2) is 11.8. The Morgan fingerprint density at radius 1 is 1.08 bits per heavy atom. The molecule has 0 bridgehead atoms. The number of nitrogens with one attached hydrogen (secondary N) is 2. The molecule has 0 unspecified atom stereocenters. The molecule has 0 spiro atoms. The summed E-state index contributed by atoms with van der Waals surface area (Å²) in [6.45, 7) is 7.40. The molecule has 0 aromatic heterocycles.